The van der Waals surface area contributed by atoms with Gasteiger partial charge < -0.3 is 5.73 Å². The van der Waals surface area contributed by atoms with Gasteiger partial charge in [-0.15, -0.1) is 11.3 Å². The van der Waals surface area contributed by atoms with Crippen molar-refractivity contribution in [3.63, 3.8) is 0 Å². The number of nitrogen functional groups attached to an aromatic ring is 1. The van der Waals surface area contributed by atoms with Crippen molar-refractivity contribution >= 4 is 27.4 Å². The summed E-state index contributed by atoms with van der Waals surface area (Å²) in [6.45, 7) is 2.05. The number of hydrogen-bond acceptors (Lipinski definition) is 5. The highest BCUT2D eigenvalue weighted by molar-refractivity contribution is 7.16. The normalized spacial score (nSPS) is 26.9. The van der Waals surface area contributed by atoms with Gasteiger partial charge in [-0.1, -0.05) is 12.8 Å². The average molecular weight is 302 g/mol. The lowest BCUT2D eigenvalue weighted by atomic mass is 9.78. The first-order valence-electron chi connectivity index (χ1n) is 8.05. The van der Waals surface area contributed by atoms with Gasteiger partial charge in [-0.2, -0.15) is 0 Å². The second kappa shape index (κ2) is 5.54. The van der Waals surface area contributed by atoms with E-state index in [4.69, 9.17) is 10.7 Å². The Labute approximate surface area is 129 Å². The molecule has 112 valence electrons. The molecule has 5 heteroatoms. The third kappa shape index (κ3) is 2.53. The fourth-order valence-electron chi connectivity index (χ4n) is 4.10. The van der Waals surface area contributed by atoms with Crippen LogP contribution in [0.15, 0.2) is 11.4 Å². The molecule has 1 saturated heterocycles. The molecular weight excluding hydrogens is 280 g/mol. The number of anilines is 1. The van der Waals surface area contributed by atoms with Crippen molar-refractivity contribution in [3.8, 4) is 0 Å². The first-order valence-corrected chi connectivity index (χ1v) is 8.93. The van der Waals surface area contributed by atoms with Gasteiger partial charge in [0.25, 0.3) is 0 Å². The first kappa shape index (κ1) is 13.5. The van der Waals surface area contributed by atoms with Crippen LogP contribution in [0.5, 0.6) is 0 Å². The summed E-state index contributed by atoms with van der Waals surface area (Å²) in [5.41, 5.74) is 6.08. The van der Waals surface area contributed by atoms with Gasteiger partial charge in [0.1, 0.15) is 16.5 Å². The molecule has 4 rings (SSSR count). The topological polar surface area (TPSA) is 55.0 Å². The predicted octanol–water partition coefficient (Wildman–Crippen LogP) is 3.43. The third-order valence-corrected chi connectivity index (χ3v) is 5.91. The highest BCUT2D eigenvalue weighted by atomic mass is 32.1. The molecule has 3 heterocycles. The summed E-state index contributed by atoms with van der Waals surface area (Å²) >= 11 is 1.65. The summed E-state index contributed by atoms with van der Waals surface area (Å²) < 4.78 is 0. The minimum absolute atomic E-state index is 0.633. The van der Waals surface area contributed by atoms with Gasteiger partial charge in [0.15, 0.2) is 0 Å². The number of thiophene rings is 1. The Hall–Kier alpha value is -1.20. The molecule has 0 spiro atoms. The van der Waals surface area contributed by atoms with Crippen LogP contribution in [0.25, 0.3) is 10.2 Å². The number of aromatic nitrogens is 2. The molecule has 2 fully saturated rings. The fraction of sp³-hybridized carbons (Fsp3) is 0.625. The highest BCUT2D eigenvalue weighted by Gasteiger charge is 2.33. The van der Waals surface area contributed by atoms with Gasteiger partial charge in [-0.25, -0.2) is 9.97 Å². The van der Waals surface area contributed by atoms with Crippen molar-refractivity contribution in [3.05, 3.63) is 17.3 Å². The Balaban J connectivity index is 1.58. The maximum atomic E-state index is 6.08. The van der Waals surface area contributed by atoms with Crippen LogP contribution in [0, 0.1) is 5.92 Å². The SMILES string of the molecule is Nc1nc(CN2CCC[C@H]3CCCC[C@H]32)nc2sccc12. The molecule has 2 aromatic heterocycles. The van der Waals surface area contributed by atoms with Gasteiger partial charge >= 0.3 is 0 Å². The lowest BCUT2D eigenvalue weighted by Gasteiger charge is -2.43. The number of likely N-dealkylation sites (tertiary alicyclic amines) is 1. The van der Waals surface area contributed by atoms with Crippen molar-refractivity contribution in [1.82, 2.24) is 14.9 Å². The van der Waals surface area contributed by atoms with E-state index in [-0.39, 0.29) is 0 Å². The molecule has 2 atom stereocenters. The van der Waals surface area contributed by atoms with Crippen LogP contribution in [0.3, 0.4) is 0 Å². The van der Waals surface area contributed by atoms with E-state index in [1.807, 2.05) is 11.4 Å². The number of rotatable bonds is 2. The molecule has 2 aliphatic rings. The minimum atomic E-state index is 0.633. The van der Waals surface area contributed by atoms with Gasteiger partial charge in [0.2, 0.25) is 0 Å². The quantitative estimate of drug-likeness (QED) is 0.923. The molecule has 0 aromatic carbocycles. The zero-order valence-electron chi connectivity index (χ0n) is 12.3. The molecule has 2 aromatic rings. The lowest BCUT2D eigenvalue weighted by molar-refractivity contribution is 0.0528. The average Bonchev–Trinajstić information content (AvgIpc) is 2.97. The summed E-state index contributed by atoms with van der Waals surface area (Å²) in [5, 5.41) is 3.04. The van der Waals surface area contributed by atoms with Crippen LogP contribution in [0.1, 0.15) is 44.3 Å². The molecule has 21 heavy (non-hydrogen) atoms. The molecule has 1 saturated carbocycles. The zero-order valence-corrected chi connectivity index (χ0v) is 13.1. The maximum absolute atomic E-state index is 6.08. The second-order valence-corrected chi connectivity index (χ2v) is 7.28. The number of hydrogen-bond donors (Lipinski definition) is 1. The number of nitrogens with two attached hydrogens (primary N) is 1. The Kier molecular flexibility index (Phi) is 3.55. The van der Waals surface area contributed by atoms with E-state index in [0.29, 0.717) is 5.82 Å². The molecule has 2 N–H and O–H groups in total. The van der Waals surface area contributed by atoms with E-state index in [1.165, 1.54) is 45.1 Å². The van der Waals surface area contributed by atoms with Crippen LogP contribution in [-0.2, 0) is 6.54 Å². The standard InChI is InChI=1S/C16H22N4S/c17-15-12-7-9-21-16(12)19-14(18-15)10-20-8-3-5-11-4-1-2-6-13(11)20/h7,9,11,13H,1-6,8,10H2,(H2,17,18,19)/t11-,13-/m1/s1. The summed E-state index contributed by atoms with van der Waals surface area (Å²) in [7, 11) is 0. The molecule has 1 aliphatic heterocycles. The third-order valence-electron chi connectivity index (χ3n) is 5.10. The number of fused-ring (bicyclic) bond motifs is 2. The predicted molar refractivity (Wildman–Crippen MR) is 87.2 cm³/mol. The van der Waals surface area contributed by atoms with Crippen LogP contribution in [0.2, 0.25) is 0 Å². The molecule has 0 amide bonds. The van der Waals surface area contributed by atoms with Crippen molar-refractivity contribution in [2.24, 2.45) is 5.92 Å². The molecule has 1 aliphatic carbocycles. The molecule has 4 nitrogen and oxygen atoms in total. The van der Waals surface area contributed by atoms with Gasteiger partial charge in [0, 0.05) is 6.04 Å². The van der Waals surface area contributed by atoms with Gasteiger partial charge in [-0.05, 0) is 49.6 Å². The zero-order chi connectivity index (χ0) is 14.2. The van der Waals surface area contributed by atoms with Gasteiger partial charge in [-0.3, -0.25) is 4.90 Å². The summed E-state index contributed by atoms with van der Waals surface area (Å²) in [6, 6.07) is 2.76. The van der Waals surface area contributed by atoms with E-state index in [1.54, 1.807) is 11.3 Å². The van der Waals surface area contributed by atoms with Crippen molar-refractivity contribution in [2.45, 2.75) is 51.1 Å². The molecule has 0 bridgehead atoms. The van der Waals surface area contributed by atoms with E-state index in [0.717, 1.165) is 34.5 Å². The lowest BCUT2D eigenvalue weighted by Crippen LogP contribution is -2.46. The maximum Gasteiger partial charge on any atom is 0.146 e. The summed E-state index contributed by atoms with van der Waals surface area (Å²) in [5.74, 6) is 2.43. The van der Waals surface area contributed by atoms with Crippen LogP contribution >= 0.6 is 11.3 Å². The van der Waals surface area contributed by atoms with Crippen LogP contribution in [0.4, 0.5) is 5.82 Å². The summed E-state index contributed by atoms with van der Waals surface area (Å²) in [4.78, 5) is 12.9. The Morgan fingerprint density at radius 2 is 2.05 bits per heavy atom. The summed E-state index contributed by atoms with van der Waals surface area (Å²) in [6.07, 6.45) is 8.28. The van der Waals surface area contributed by atoms with Crippen LogP contribution < -0.4 is 5.73 Å². The smallest absolute Gasteiger partial charge is 0.146 e. The molecule has 0 radical (unpaired) electrons. The second-order valence-electron chi connectivity index (χ2n) is 6.39. The highest BCUT2D eigenvalue weighted by Crippen LogP contribution is 2.36. The van der Waals surface area contributed by atoms with E-state index in [9.17, 15) is 0 Å². The number of nitrogens with zero attached hydrogens (tertiary/aromatic N) is 3. The van der Waals surface area contributed by atoms with E-state index >= 15 is 0 Å². The number of piperidine rings is 1. The van der Waals surface area contributed by atoms with Gasteiger partial charge in [0.05, 0.1) is 11.9 Å². The van der Waals surface area contributed by atoms with Crippen molar-refractivity contribution in [2.75, 3.05) is 12.3 Å². The molecular formula is C16H22N4S. The first-order chi connectivity index (χ1) is 10.3. The Bertz CT molecular complexity index is 636. The Morgan fingerprint density at radius 3 is 3.00 bits per heavy atom. The Morgan fingerprint density at radius 1 is 1.19 bits per heavy atom. The minimum Gasteiger partial charge on any atom is -0.383 e. The molecule has 0 unspecified atom stereocenters. The van der Waals surface area contributed by atoms with E-state index < -0.39 is 0 Å². The fourth-order valence-corrected chi connectivity index (χ4v) is 4.89. The monoisotopic (exact) mass is 302 g/mol. The van der Waals surface area contributed by atoms with Crippen LogP contribution in [-0.4, -0.2) is 27.5 Å². The van der Waals surface area contributed by atoms with Crippen molar-refractivity contribution < 1.29 is 0 Å². The van der Waals surface area contributed by atoms with E-state index in [2.05, 4.69) is 9.88 Å². The largest absolute Gasteiger partial charge is 0.383 e. The van der Waals surface area contributed by atoms with Crippen molar-refractivity contribution in [1.29, 1.82) is 0 Å².